The van der Waals surface area contributed by atoms with E-state index in [1.807, 2.05) is 23.6 Å². The largest absolute Gasteiger partial charge is 0.378 e. The summed E-state index contributed by atoms with van der Waals surface area (Å²) >= 11 is 0. The van der Waals surface area contributed by atoms with E-state index in [0.29, 0.717) is 50.3 Å². The number of morpholine rings is 1. The molecule has 9 heteroatoms. The summed E-state index contributed by atoms with van der Waals surface area (Å²) < 4.78 is 7.14. The highest BCUT2D eigenvalue weighted by Gasteiger charge is 2.33. The second-order valence-electron chi connectivity index (χ2n) is 7.88. The van der Waals surface area contributed by atoms with E-state index in [-0.39, 0.29) is 23.9 Å². The number of amides is 2. The fraction of sp³-hybridized carbons (Fsp3) is 0.600. The van der Waals surface area contributed by atoms with Crippen molar-refractivity contribution in [2.45, 2.75) is 31.3 Å². The monoisotopic (exact) mass is 400 g/mol. The maximum Gasteiger partial charge on any atom is 0.252 e. The molecular weight excluding hydrogens is 372 g/mol. The fourth-order valence-corrected chi connectivity index (χ4v) is 4.18. The van der Waals surface area contributed by atoms with Crippen molar-refractivity contribution in [1.29, 1.82) is 0 Å². The highest BCUT2D eigenvalue weighted by molar-refractivity contribution is 5.96. The quantitative estimate of drug-likeness (QED) is 0.782. The number of nitrogens with zero attached hydrogens (tertiary/aromatic N) is 5. The minimum atomic E-state index is -0.147. The van der Waals surface area contributed by atoms with Crippen LogP contribution in [0.1, 0.15) is 29.6 Å². The Morgan fingerprint density at radius 3 is 2.72 bits per heavy atom. The van der Waals surface area contributed by atoms with Crippen molar-refractivity contribution >= 4 is 23.0 Å². The second kappa shape index (κ2) is 8.46. The summed E-state index contributed by atoms with van der Waals surface area (Å²) in [5, 5.41) is 3.01. The molecule has 2 aromatic rings. The lowest BCUT2D eigenvalue weighted by Crippen LogP contribution is -2.45. The smallest absolute Gasteiger partial charge is 0.252 e. The average Bonchev–Trinajstić information content (AvgIpc) is 3.29. The van der Waals surface area contributed by atoms with Gasteiger partial charge in [-0.3, -0.25) is 14.5 Å². The number of ether oxygens (including phenoxy) is 1. The van der Waals surface area contributed by atoms with Crippen molar-refractivity contribution in [1.82, 2.24) is 29.7 Å². The van der Waals surface area contributed by atoms with Gasteiger partial charge in [0.05, 0.1) is 25.1 Å². The van der Waals surface area contributed by atoms with E-state index in [9.17, 15) is 9.59 Å². The molecule has 1 N–H and O–H groups in total. The number of hydrogen-bond donors (Lipinski definition) is 1. The molecule has 2 aromatic heterocycles. The number of hydrogen-bond acceptors (Lipinski definition) is 6. The number of fused-ring (bicyclic) bond motifs is 1. The minimum absolute atomic E-state index is 0.147. The Balaban J connectivity index is 1.29. The van der Waals surface area contributed by atoms with Gasteiger partial charge in [-0.25, -0.2) is 9.97 Å². The van der Waals surface area contributed by atoms with Crippen LogP contribution in [0.4, 0.5) is 0 Å². The molecule has 9 nitrogen and oxygen atoms in total. The van der Waals surface area contributed by atoms with Crippen LogP contribution >= 0.6 is 0 Å². The number of aromatic nitrogens is 3. The first-order valence-electron chi connectivity index (χ1n) is 10.2. The molecule has 0 bridgehead atoms. The first kappa shape index (κ1) is 19.8. The Morgan fingerprint density at radius 1 is 1.17 bits per heavy atom. The first-order valence-corrected chi connectivity index (χ1v) is 10.2. The molecule has 2 saturated heterocycles. The second-order valence-corrected chi connectivity index (χ2v) is 7.88. The zero-order chi connectivity index (χ0) is 20.4. The van der Waals surface area contributed by atoms with Crippen LogP contribution in [0, 0.1) is 0 Å². The van der Waals surface area contributed by atoms with Crippen LogP contribution in [-0.4, -0.2) is 88.1 Å². The molecule has 4 rings (SSSR count). The van der Waals surface area contributed by atoms with E-state index in [1.165, 1.54) is 0 Å². The molecule has 4 heterocycles. The Labute approximate surface area is 170 Å². The van der Waals surface area contributed by atoms with Gasteiger partial charge >= 0.3 is 0 Å². The molecule has 0 aromatic carbocycles. The summed E-state index contributed by atoms with van der Waals surface area (Å²) in [6.07, 6.45) is 5.73. The van der Waals surface area contributed by atoms with Gasteiger partial charge in [-0.1, -0.05) is 0 Å². The van der Waals surface area contributed by atoms with Crippen LogP contribution < -0.4 is 5.32 Å². The van der Waals surface area contributed by atoms with Crippen molar-refractivity contribution in [3.05, 3.63) is 24.2 Å². The van der Waals surface area contributed by atoms with Gasteiger partial charge in [-0.05, 0) is 26.0 Å². The SMILES string of the molecule is CN1[C@@H](CC(=O)N2CCOCC2)CC[C@H]1CNC(=O)c1cnc2c(c1)ncn2C. The highest BCUT2D eigenvalue weighted by Crippen LogP contribution is 2.25. The van der Waals surface area contributed by atoms with Gasteiger partial charge in [0.2, 0.25) is 5.91 Å². The maximum atomic E-state index is 12.5. The predicted molar refractivity (Wildman–Crippen MR) is 107 cm³/mol. The van der Waals surface area contributed by atoms with Gasteiger partial charge in [0, 0.05) is 51.4 Å². The highest BCUT2D eigenvalue weighted by atomic mass is 16.5. The zero-order valence-electron chi connectivity index (χ0n) is 17.0. The number of aryl methyl sites for hydroxylation is 1. The molecule has 2 fully saturated rings. The molecule has 2 aliphatic heterocycles. The normalized spacial score (nSPS) is 22.9. The van der Waals surface area contributed by atoms with E-state index >= 15 is 0 Å². The average molecular weight is 400 g/mol. The lowest BCUT2D eigenvalue weighted by Gasteiger charge is -2.30. The van der Waals surface area contributed by atoms with Crippen molar-refractivity contribution in [2.24, 2.45) is 7.05 Å². The predicted octanol–water partition coefficient (Wildman–Crippen LogP) is 0.410. The van der Waals surface area contributed by atoms with E-state index in [0.717, 1.165) is 18.5 Å². The molecule has 2 atom stereocenters. The number of rotatable bonds is 5. The lowest BCUT2D eigenvalue weighted by atomic mass is 10.1. The molecule has 156 valence electrons. The van der Waals surface area contributed by atoms with Gasteiger partial charge in [-0.15, -0.1) is 0 Å². The van der Waals surface area contributed by atoms with Crippen molar-refractivity contribution in [2.75, 3.05) is 39.9 Å². The Morgan fingerprint density at radius 2 is 1.93 bits per heavy atom. The van der Waals surface area contributed by atoms with Crippen LogP contribution in [0.2, 0.25) is 0 Å². The molecule has 2 amide bonds. The molecule has 0 saturated carbocycles. The van der Waals surface area contributed by atoms with Crippen LogP contribution in [0.15, 0.2) is 18.6 Å². The van der Waals surface area contributed by atoms with Crippen LogP contribution in [0.25, 0.3) is 11.2 Å². The van der Waals surface area contributed by atoms with Gasteiger partial charge < -0.3 is 19.5 Å². The molecule has 29 heavy (non-hydrogen) atoms. The number of likely N-dealkylation sites (tertiary alicyclic amines) is 1. The summed E-state index contributed by atoms with van der Waals surface area (Å²) in [4.78, 5) is 37.8. The van der Waals surface area contributed by atoms with Crippen molar-refractivity contribution < 1.29 is 14.3 Å². The molecule has 0 radical (unpaired) electrons. The Bertz CT molecular complexity index is 891. The number of pyridine rings is 1. The molecular formula is C20H28N6O3. The van der Waals surface area contributed by atoms with Crippen LogP contribution in [0.5, 0.6) is 0 Å². The van der Waals surface area contributed by atoms with E-state index < -0.39 is 0 Å². The van der Waals surface area contributed by atoms with Gasteiger partial charge in [0.1, 0.15) is 5.52 Å². The third kappa shape index (κ3) is 4.25. The van der Waals surface area contributed by atoms with Crippen molar-refractivity contribution in [3.8, 4) is 0 Å². The van der Waals surface area contributed by atoms with Gasteiger partial charge in [-0.2, -0.15) is 0 Å². The molecule has 0 spiro atoms. The standard InChI is InChI=1S/C20H28N6O3/c1-24-13-23-17-9-14(11-21-19(17)24)20(28)22-12-16-4-3-15(25(16)2)10-18(27)26-5-7-29-8-6-26/h9,11,13,15-16H,3-8,10,12H2,1-2H3,(H,22,28)/t15-,16+/m1/s1. The number of carbonyl (C=O) groups excluding carboxylic acids is 2. The summed E-state index contributed by atoms with van der Waals surface area (Å²) in [6.45, 7) is 3.17. The zero-order valence-corrected chi connectivity index (χ0v) is 17.0. The first-order chi connectivity index (χ1) is 14.0. The summed E-state index contributed by atoms with van der Waals surface area (Å²) in [5.41, 5.74) is 1.97. The Kier molecular flexibility index (Phi) is 5.77. The Hall–Kier alpha value is -2.52. The van der Waals surface area contributed by atoms with E-state index in [2.05, 4.69) is 20.2 Å². The summed E-state index contributed by atoms with van der Waals surface area (Å²) in [6, 6.07) is 2.21. The third-order valence-electron chi connectivity index (χ3n) is 6.07. The van der Waals surface area contributed by atoms with E-state index in [4.69, 9.17) is 4.74 Å². The maximum absolute atomic E-state index is 12.5. The molecule has 0 unspecified atom stereocenters. The number of carbonyl (C=O) groups is 2. The molecule has 0 aliphatic carbocycles. The topological polar surface area (TPSA) is 92.6 Å². The summed E-state index contributed by atoms with van der Waals surface area (Å²) in [7, 11) is 3.92. The van der Waals surface area contributed by atoms with E-state index in [1.54, 1.807) is 18.6 Å². The van der Waals surface area contributed by atoms with Gasteiger partial charge in [0.15, 0.2) is 5.65 Å². The van der Waals surface area contributed by atoms with Crippen LogP contribution in [0.3, 0.4) is 0 Å². The molecule has 2 aliphatic rings. The van der Waals surface area contributed by atoms with Crippen LogP contribution in [-0.2, 0) is 16.6 Å². The fourth-order valence-electron chi connectivity index (χ4n) is 4.18. The number of nitrogens with one attached hydrogen (secondary N) is 1. The lowest BCUT2D eigenvalue weighted by molar-refractivity contribution is -0.136. The minimum Gasteiger partial charge on any atom is -0.378 e. The number of likely N-dealkylation sites (N-methyl/N-ethyl adjacent to an activating group) is 1. The van der Waals surface area contributed by atoms with Crippen molar-refractivity contribution in [3.63, 3.8) is 0 Å². The summed E-state index contributed by atoms with van der Waals surface area (Å²) in [5.74, 6) is 0.0517. The third-order valence-corrected chi connectivity index (χ3v) is 6.07. The number of imidazole rings is 1. The van der Waals surface area contributed by atoms with Gasteiger partial charge in [0.25, 0.3) is 5.91 Å².